The molecule has 2 saturated heterocycles. The van der Waals surface area contributed by atoms with Crippen LogP contribution in [0.3, 0.4) is 0 Å². The monoisotopic (exact) mass is 414 g/mol. The van der Waals surface area contributed by atoms with Crippen LogP contribution in [0.5, 0.6) is 11.5 Å². The zero-order chi connectivity index (χ0) is 20.3. The van der Waals surface area contributed by atoms with E-state index in [9.17, 15) is 14.3 Å². The summed E-state index contributed by atoms with van der Waals surface area (Å²) in [4.78, 5) is 13.2. The number of ether oxygens (including phenoxy) is 2. The molecule has 2 aliphatic heterocycles. The number of hydrogen-bond donors (Lipinski definition) is 1. The zero-order valence-corrected chi connectivity index (χ0v) is 16.6. The molecule has 2 unspecified atom stereocenters. The number of aliphatic hydroxyl groups excluding tert-OH is 1. The van der Waals surface area contributed by atoms with Crippen LogP contribution in [0.2, 0.25) is 5.02 Å². The molecule has 0 saturated carbocycles. The van der Waals surface area contributed by atoms with Crippen molar-refractivity contribution in [2.75, 3.05) is 0 Å². The summed E-state index contributed by atoms with van der Waals surface area (Å²) in [5.74, 6) is -0.625. The summed E-state index contributed by atoms with van der Waals surface area (Å²) in [6.45, 7) is 1.99. The molecule has 4 atom stereocenters. The highest BCUT2D eigenvalue weighted by Gasteiger charge is 2.59. The van der Waals surface area contributed by atoms with E-state index in [4.69, 9.17) is 21.1 Å². The molecule has 0 aromatic heterocycles. The summed E-state index contributed by atoms with van der Waals surface area (Å²) >= 11 is 5.80. The van der Waals surface area contributed by atoms with Gasteiger partial charge in [0.05, 0.1) is 29.6 Å². The first-order valence-corrected chi connectivity index (χ1v) is 10.2. The Morgan fingerprint density at radius 3 is 2.62 bits per heavy atom. The van der Waals surface area contributed by atoms with Crippen LogP contribution in [-0.2, 0) is 16.0 Å². The number of allylic oxidation sites excluding steroid dienone is 1. The van der Waals surface area contributed by atoms with Crippen molar-refractivity contribution in [3.05, 3.63) is 64.1 Å². The van der Waals surface area contributed by atoms with Gasteiger partial charge in [-0.2, -0.15) is 0 Å². The summed E-state index contributed by atoms with van der Waals surface area (Å²) < 4.78 is 25.7. The van der Waals surface area contributed by atoms with E-state index in [0.29, 0.717) is 23.3 Å². The molecule has 0 radical (unpaired) electrons. The molecular weight excluding hydrogens is 395 g/mol. The average Bonchev–Trinajstić information content (AvgIpc) is 3.38. The molecule has 2 fully saturated rings. The van der Waals surface area contributed by atoms with Gasteiger partial charge in [0.2, 0.25) is 0 Å². The number of benzene rings is 2. The van der Waals surface area contributed by atoms with Gasteiger partial charge in [-0.25, -0.2) is 4.39 Å². The molecule has 29 heavy (non-hydrogen) atoms. The fraction of sp³-hybridized carbons (Fsp3) is 0.348. The van der Waals surface area contributed by atoms with Crippen molar-refractivity contribution in [2.24, 2.45) is 11.8 Å². The first kappa shape index (κ1) is 18.6. The lowest BCUT2D eigenvalue weighted by Gasteiger charge is -2.19. The number of Topliss-reactive ketones (excluding diaryl/α,β-unsaturated/α-hetero) is 1. The molecule has 5 rings (SSSR count). The van der Waals surface area contributed by atoms with Gasteiger partial charge in [0.1, 0.15) is 11.5 Å². The number of carbonyl (C=O) groups excluding carboxylic acids is 1. The third-order valence-electron chi connectivity index (χ3n) is 6.25. The smallest absolute Gasteiger partial charge is 0.173 e. The lowest BCUT2D eigenvalue weighted by Crippen LogP contribution is -2.29. The SMILES string of the molecule is CCc1ccc(Oc2ccc(Cl)cc2F)cc1C1=C(O)[C@@H]2C3CCC(O3)[C@@H]2C1=O. The van der Waals surface area contributed by atoms with Crippen LogP contribution in [0.25, 0.3) is 5.57 Å². The quantitative estimate of drug-likeness (QED) is 0.719. The second kappa shape index (κ2) is 6.85. The van der Waals surface area contributed by atoms with Gasteiger partial charge in [0.25, 0.3) is 0 Å². The van der Waals surface area contributed by atoms with Gasteiger partial charge in [0.15, 0.2) is 17.3 Å². The number of carbonyl (C=O) groups is 1. The minimum absolute atomic E-state index is 0.0452. The van der Waals surface area contributed by atoms with Crippen molar-refractivity contribution in [1.82, 2.24) is 0 Å². The number of aryl methyl sites for hydroxylation is 1. The molecule has 6 heteroatoms. The van der Waals surface area contributed by atoms with E-state index in [1.807, 2.05) is 13.0 Å². The molecule has 0 spiro atoms. The number of rotatable bonds is 4. The van der Waals surface area contributed by atoms with Gasteiger partial charge in [-0.3, -0.25) is 4.79 Å². The average molecular weight is 415 g/mol. The number of ketones is 1. The van der Waals surface area contributed by atoms with Gasteiger partial charge in [-0.1, -0.05) is 24.6 Å². The summed E-state index contributed by atoms with van der Waals surface area (Å²) in [5.41, 5.74) is 1.94. The van der Waals surface area contributed by atoms with Crippen LogP contribution in [0.4, 0.5) is 4.39 Å². The summed E-state index contributed by atoms with van der Waals surface area (Å²) in [6, 6.07) is 9.49. The van der Waals surface area contributed by atoms with Gasteiger partial charge in [-0.15, -0.1) is 0 Å². The van der Waals surface area contributed by atoms with E-state index in [-0.39, 0.29) is 46.4 Å². The zero-order valence-electron chi connectivity index (χ0n) is 15.8. The molecular formula is C23H20ClFO4. The minimum Gasteiger partial charge on any atom is -0.511 e. The highest BCUT2D eigenvalue weighted by atomic mass is 35.5. The fourth-order valence-electron chi connectivity index (χ4n) is 4.93. The first-order valence-electron chi connectivity index (χ1n) is 9.87. The van der Waals surface area contributed by atoms with Crippen molar-refractivity contribution in [3.8, 4) is 11.5 Å². The second-order valence-corrected chi connectivity index (χ2v) is 8.25. The Morgan fingerprint density at radius 1 is 1.17 bits per heavy atom. The lowest BCUT2D eigenvalue weighted by molar-refractivity contribution is -0.118. The van der Waals surface area contributed by atoms with E-state index < -0.39 is 5.82 Å². The Balaban J connectivity index is 1.54. The van der Waals surface area contributed by atoms with Crippen molar-refractivity contribution in [2.45, 2.75) is 38.4 Å². The standard InChI is InChI=1S/C23H20ClFO4/c1-2-11-3-5-13(28-16-6-4-12(24)9-15(16)25)10-14(11)19-22(26)20-17-7-8-18(29-17)21(20)23(19)27/h3-6,9-10,17-18,20-21,26H,2,7-8H2,1H3/t17?,18?,20-,21+/m1/s1. The van der Waals surface area contributed by atoms with Crippen LogP contribution in [0.15, 0.2) is 42.2 Å². The second-order valence-electron chi connectivity index (χ2n) is 7.82. The largest absolute Gasteiger partial charge is 0.511 e. The molecule has 2 aromatic rings. The molecule has 2 bridgehead atoms. The maximum atomic E-state index is 14.1. The molecule has 4 nitrogen and oxygen atoms in total. The molecule has 3 aliphatic rings. The highest BCUT2D eigenvalue weighted by Crippen LogP contribution is 2.54. The number of aliphatic hydroxyl groups is 1. The Bertz CT molecular complexity index is 1050. The third kappa shape index (κ3) is 2.87. The predicted octanol–water partition coefficient (Wildman–Crippen LogP) is 5.48. The summed E-state index contributed by atoms with van der Waals surface area (Å²) in [6.07, 6.45) is 2.23. The van der Waals surface area contributed by atoms with Crippen LogP contribution in [-0.4, -0.2) is 23.1 Å². The Labute approximate surface area is 172 Å². The van der Waals surface area contributed by atoms with E-state index in [2.05, 4.69) is 0 Å². The third-order valence-corrected chi connectivity index (χ3v) is 6.48. The van der Waals surface area contributed by atoms with Crippen molar-refractivity contribution in [1.29, 1.82) is 0 Å². The summed E-state index contributed by atoms with van der Waals surface area (Å²) in [7, 11) is 0. The number of halogens is 2. The van der Waals surface area contributed by atoms with Gasteiger partial charge in [0, 0.05) is 5.02 Å². The topological polar surface area (TPSA) is 55.8 Å². The first-order chi connectivity index (χ1) is 14.0. The lowest BCUT2D eigenvalue weighted by atomic mass is 9.80. The van der Waals surface area contributed by atoms with Crippen molar-refractivity contribution < 1.29 is 23.8 Å². The van der Waals surface area contributed by atoms with Gasteiger partial charge >= 0.3 is 0 Å². The normalized spacial score (nSPS) is 27.6. The van der Waals surface area contributed by atoms with Gasteiger partial charge in [-0.05, 0) is 60.7 Å². The van der Waals surface area contributed by atoms with Crippen LogP contribution in [0.1, 0.15) is 30.9 Å². The maximum Gasteiger partial charge on any atom is 0.173 e. The molecule has 2 heterocycles. The van der Waals surface area contributed by atoms with Crippen LogP contribution in [0, 0.1) is 17.7 Å². The van der Waals surface area contributed by atoms with Crippen molar-refractivity contribution in [3.63, 3.8) is 0 Å². The Morgan fingerprint density at radius 2 is 1.93 bits per heavy atom. The predicted molar refractivity (Wildman–Crippen MR) is 107 cm³/mol. The van der Waals surface area contributed by atoms with E-state index in [1.165, 1.54) is 12.1 Å². The number of fused-ring (bicyclic) bond motifs is 5. The summed E-state index contributed by atoms with van der Waals surface area (Å²) in [5, 5.41) is 11.2. The fourth-order valence-corrected chi connectivity index (χ4v) is 5.09. The van der Waals surface area contributed by atoms with E-state index in [1.54, 1.807) is 18.2 Å². The van der Waals surface area contributed by atoms with Gasteiger partial charge < -0.3 is 14.6 Å². The Kier molecular flexibility index (Phi) is 4.41. The number of hydrogen-bond acceptors (Lipinski definition) is 4. The van der Waals surface area contributed by atoms with E-state index >= 15 is 0 Å². The molecule has 150 valence electrons. The van der Waals surface area contributed by atoms with Crippen LogP contribution >= 0.6 is 11.6 Å². The Hall–Kier alpha value is -2.37. The van der Waals surface area contributed by atoms with Crippen molar-refractivity contribution >= 4 is 23.0 Å². The van der Waals surface area contributed by atoms with E-state index in [0.717, 1.165) is 18.4 Å². The maximum absolute atomic E-state index is 14.1. The molecule has 1 N–H and O–H groups in total. The minimum atomic E-state index is -0.569. The molecule has 0 amide bonds. The molecule has 2 aromatic carbocycles. The highest BCUT2D eigenvalue weighted by molar-refractivity contribution is 6.30. The van der Waals surface area contributed by atoms with Crippen LogP contribution < -0.4 is 4.74 Å². The molecule has 1 aliphatic carbocycles.